The number of aryl methyl sites for hydroxylation is 1. The Bertz CT molecular complexity index is 499. The van der Waals surface area contributed by atoms with Crippen molar-refractivity contribution in [1.82, 2.24) is 15.2 Å². The zero-order valence-corrected chi connectivity index (χ0v) is 13.4. The lowest BCUT2D eigenvalue weighted by Gasteiger charge is -2.38. The lowest BCUT2D eigenvalue weighted by molar-refractivity contribution is -0.139. The van der Waals surface area contributed by atoms with E-state index in [2.05, 4.69) is 20.6 Å². The Hall–Kier alpha value is -1.18. The molecule has 0 aromatic carbocycles. The summed E-state index contributed by atoms with van der Waals surface area (Å²) in [7, 11) is 0. The van der Waals surface area contributed by atoms with Crippen molar-refractivity contribution in [2.24, 2.45) is 0 Å². The summed E-state index contributed by atoms with van der Waals surface area (Å²) in [6, 6.07) is -0.201. The Labute approximate surface area is 129 Å². The summed E-state index contributed by atoms with van der Waals surface area (Å²) < 4.78 is 5.57. The Kier molecular flexibility index (Phi) is 4.42. The Morgan fingerprint density at radius 1 is 1.43 bits per heavy atom. The topological polar surface area (TPSA) is 57.7 Å². The first kappa shape index (κ1) is 14.7. The highest BCUT2D eigenvalue weighted by molar-refractivity contribution is 7.13. The van der Waals surface area contributed by atoms with Gasteiger partial charge in [0.15, 0.2) is 5.13 Å². The molecule has 1 N–H and O–H groups in total. The van der Waals surface area contributed by atoms with E-state index in [0.717, 1.165) is 43.5 Å². The fraction of sp³-hybridized carbons (Fsp3) is 0.714. The van der Waals surface area contributed by atoms with Crippen molar-refractivity contribution in [3.05, 3.63) is 11.1 Å². The van der Waals surface area contributed by atoms with Crippen molar-refractivity contribution < 1.29 is 9.53 Å². The van der Waals surface area contributed by atoms with E-state index in [4.69, 9.17) is 4.74 Å². The molecule has 1 aromatic heterocycles. The van der Waals surface area contributed by atoms with Crippen molar-refractivity contribution in [3.8, 4) is 0 Å². The second kappa shape index (κ2) is 6.29. The molecule has 1 amide bonds. The number of piperazine rings is 1. The van der Waals surface area contributed by atoms with E-state index in [1.807, 2.05) is 18.7 Å². The molecule has 21 heavy (non-hydrogen) atoms. The third-order valence-electron chi connectivity index (χ3n) is 4.05. The van der Waals surface area contributed by atoms with Crippen molar-refractivity contribution >= 4 is 22.4 Å². The summed E-state index contributed by atoms with van der Waals surface area (Å²) >= 11 is 1.67. The van der Waals surface area contributed by atoms with Crippen molar-refractivity contribution in [2.75, 3.05) is 44.2 Å². The molecule has 7 heteroatoms. The number of anilines is 1. The number of carbonyl (C=O) groups is 1. The SMILES string of the molecule is Cc1csc(N2CCN(C(=O)[C@H]3NCCO[C@@H]3C)CC2)n1. The maximum atomic E-state index is 12.6. The third-order valence-corrected chi connectivity index (χ3v) is 5.07. The van der Waals surface area contributed by atoms with Gasteiger partial charge in [-0.15, -0.1) is 11.3 Å². The van der Waals surface area contributed by atoms with Crippen LogP contribution in [0.4, 0.5) is 5.13 Å². The van der Waals surface area contributed by atoms with Gasteiger partial charge in [0.25, 0.3) is 0 Å². The number of rotatable bonds is 2. The first-order valence-electron chi connectivity index (χ1n) is 7.46. The zero-order valence-electron chi connectivity index (χ0n) is 12.5. The summed E-state index contributed by atoms with van der Waals surface area (Å²) in [6.07, 6.45) is -0.0501. The minimum atomic E-state index is -0.201. The first-order valence-corrected chi connectivity index (χ1v) is 8.34. The maximum absolute atomic E-state index is 12.6. The molecule has 2 fully saturated rings. The highest BCUT2D eigenvalue weighted by Gasteiger charge is 2.33. The summed E-state index contributed by atoms with van der Waals surface area (Å²) in [6.45, 7) is 8.60. The molecule has 0 aliphatic carbocycles. The largest absolute Gasteiger partial charge is 0.375 e. The van der Waals surface area contributed by atoms with Crippen molar-refractivity contribution in [3.63, 3.8) is 0 Å². The molecule has 2 aliphatic rings. The van der Waals surface area contributed by atoms with E-state index >= 15 is 0 Å². The minimum absolute atomic E-state index is 0.0501. The minimum Gasteiger partial charge on any atom is -0.375 e. The predicted octanol–water partition coefficient (Wildman–Crippen LogP) is 0.477. The zero-order chi connectivity index (χ0) is 14.8. The second-order valence-electron chi connectivity index (χ2n) is 5.59. The number of ether oxygens (including phenoxy) is 1. The lowest BCUT2D eigenvalue weighted by atomic mass is 10.1. The van der Waals surface area contributed by atoms with Crippen LogP contribution in [0.1, 0.15) is 12.6 Å². The Morgan fingerprint density at radius 2 is 2.19 bits per heavy atom. The maximum Gasteiger partial charge on any atom is 0.242 e. The normalized spacial score (nSPS) is 27.0. The van der Waals surface area contributed by atoms with Crippen LogP contribution in [-0.2, 0) is 9.53 Å². The van der Waals surface area contributed by atoms with Crippen LogP contribution in [0.5, 0.6) is 0 Å². The standard InChI is InChI=1S/C14H22N4O2S/c1-10-9-21-14(16-10)18-6-4-17(5-7-18)13(19)12-11(2)20-8-3-15-12/h9,11-12,15H,3-8H2,1-2H3/t11-,12+/m1/s1. The molecular weight excluding hydrogens is 288 g/mol. The Morgan fingerprint density at radius 3 is 2.81 bits per heavy atom. The molecule has 116 valence electrons. The summed E-state index contributed by atoms with van der Waals surface area (Å²) in [5.41, 5.74) is 1.06. The summed E-state index contributed by atoms with van der Waals surface area (Å²) in [5.74, 6) is 0.164. The first-order chi connectivity index (χ1) is 10.1. The van der Waals surface area contributed by atoms with Crippen LogP contribution in [0.2, 0.25) is 0 Å². The molecule has 6 nitrogen and oxygen atoms in total. The molecular formula is C14H22N4O2S. The van der Waals surface area contributed by atoms with Gasteiger partial charge < -0.3 is 19.9 Å². The van der Waals surface area contributed by atoms with E-state index in [9.17, 15) is 4.79 Å². The predicted molar refractivity (Wildman–Crippen MR) is 82.8 cm³/mol. The molecule has 3 heterocycles. The van der Waals surface area contributed by atoms with E-state index in [1.165, 1.54) is 0 Å². The van der Waals surface area contributed by atoms with Gasteiger partial charge in [-0.3, -0.25) is 4.79 Å². The quantitative estimate of drug-likeness (QED) is 0.861. The molecule has 2 atom stereocenters. The number of hydrogen-bond acceptors (Lipinski definition) is 6. The molecule has 0 saturated carbocycles. The van der Waals surface area contributed by atoms with Gasteiger partial charge in [0.1, 0.15) is 6.04 Å². The van der Waals surface area contributed by atoms with E-state index < -0.39 is 0 Å². The monoisotopic (exact) mass is 310 g/mol. The molecule has 1 aromatic rings. The number of hydrogen-bond donors (Lipinski definition) is 1. The number of aromatic nitrogens is 1. The van der Waals surface area contributed by atoms with Crippen LogP contribution >= 0.6 is 11.3 Å². The van der Waals surface area contributed by atoms with Crippen LogP contribution in [0.25, 0.3) is 0 Å². The van der Waals surface area contributed by atoms with Crippen LogP contribution < -0.4 is 10.2 Å². The van der Waals surface area contributed by atoms with Gasteiger partial charge in [-0.2, -0.15) is 0 Å². The van der Waals surface area contributed by atoms with Crippen LogP contribution in [0, 0.1) is 6.92 Å². The highest BCUT2D eigenvalue weighted by atomic mass is 32.1. The van der Waals surface area contributed by atoms with E-state index in [1.54, 1.807) is 11.3 Å². The summed E-state index contributed by atoms with van der Waals surface area (Å²) in [4.78, 5) is 21.3. The van der Waals surface area contributed by atoms with Gasteiger partial charge in [-0.1, -0.05) is 0 Å². The summed E-state index contributed by atoms with van der Waals surface area (Å²) in [5, 5.41) is 6.40. The molecule has 3 rings (SSSR count). The molecule has 0 unspecified atom stereocenters. The van der Waals surface area contributed by atoms with Gasteiger partial charge in [-0.25, -0.2) is 4.98 Å². The number of morpholine rings is 1. The van der Waals surface area contributed by atoms with Gasteiger partial charge >= 0.3 is 0 Å². The fourth-order valence-corrected chi connectivity index (χ4v) is 3.67. The van der Waals surface area contributed by atoms with Crippen LogP contribution in [0.15, 0.2) is 5.38 Å². The average Bonchev–Trinajstić information content (AvgIpc) is 2.94. The van der Waals surface area contributed by atoms with E-state index in [0.29, 0.717) is 6.61 Å². The Balaban J connectivity index is 1.56. The van der Waals surface area contributed by atoms with Crippen molar-refractivity contribution in [1.29, 1.82) is 0 Å². The van der Waals surface area contributed by atoms with Crippen molar-refractivity contribution in [2.45, 2.75) is 26.0 Å². The average molecular weight is 310 g/mol. The number of thiazole rings is 1. The fourth-order valence-electron chi connectivity index (χ4n) is 2.81. The highest BCUT2D eigenvalue weighted by Crippen LogP contribution is 2.21. The second-order valence-corrected chi connectivity index (χ2v) is 6.43. The van der Waals surface area contributed by atoms with Gasteiger partial charge in [0.05, 0.1) is 18.4 Å². The smallest absolute Gasteiger partial charge is 0.242 e. The molecule has 2 saturated heterocycles. The van der Waals surface area contributed by atoms with Gasteiger partial charge in [-0.05, 0) is 13.8 Å². The van der Waals surface area contributed by atoms with Gasteiger partial charge in [0, 0.05) is 38.1 Å². The third kappa shape index (κ3) is 3.20. The molecule has 0 radical (unpaired) electrons. The van der Waals surface area contributed by atoms with Crippen LogP contribution in [0.3, 0.4) is 0 Å². The number of nitrogens with one attached hydrogen (secondary N) is 1. The lowest BCUT2D eigenvalue weighted by Crippen LogP contribution is -2.59. The van der Waals surface area contributed by atoms with Gasteiger partial charge in [0.2, 0.25) is 5.91 Å². The van der Waals surface area contributed by atoms with Crippen LogP contribution in [-0.4, -0.2) is 67.3 Å². The molecule has 0 spiro atoms. The van der Waals surface area contributed by atoms with E-state index in [-0.39, 0.29) is 18.1 Å². The number of nitrogens with zero attached hydrogens (tertiary/aromatic N) is 3. The number of carbonyl (C=O) groups excluding carboxylic acids is 1. The molecule has 2 aliphatic heterocycles. The number of amides is 1. The molecule has 0 bridgehead atoms.